The summed E-state index contributed by atoms with van der Waals surface area (Å²) < 4.78 is 0. The largest absolute Gasteiger partial charge is 0.382 e. The number of benzene rings is 1. The minimum Gasteiger partial charge on any atom is -0.382 e. The summed E-state index contributed by atoms with van der Waals surface area (Å²) in [7, 11) is 0. The lowest BCUT2D eigenvalue weighted by molar-refractivity contribution is 0.0169. The molecule has 0 saturated heterocycles. The van der Waals surface area contributed by atoms with Gasteiger partial charge in [0.05, 0.1) is 18.2 Å². The minimum absolute atomic E-state index is 0.205. The molecule has 1 amide bonds. The van der Waals surface area contributed by atoms with Crippen molar-refractivity contribution in [2.45, 2.75) is 18.4 Å². The van der Waals surface area contributed by atoms with Crippen LogP contribution in [0.2, 0.25) is 0 Å². The first-order valence-electron chi connectivity index (χ1n) is 7.18. The molecular formula is C17H16N2O2S. The predicted molar refractivity (Wildman–Crippen MR) is 84.4 cm³/mol. The van der Waals surface area contributed by atoms with E-state index in [0.29, 0.717) is 11.1 Å². The Morgan fingerprint density at radius 1 is 1.36 bits per heavy atom. The molecule has 2 N–H and O–H groups in total. The molecule has 112 valence electrons. The highest BCUT2D eigenvalue weighted by atomic mass is 32.1. The predicted octanol–water partition coefficient (Wildman–Crippen LogP) is 2.65. The van der Waals surface area contributed by atoms with E-state index in [0.717, 1.165) is 17.7 Å². The summed E-state index contributed by atoms with van der Waals surface area (Å²) in [4.78, 5) is 13.1. The van der Waals surface area contributed by atoms with Crippen LogP contribution in [0.4, 0.5) is 0 Å². The van der Waals surface area contributed by atoms with Crippen molar-refractivity contribution in [3.63, 3.8) is 0 Å². The van der Waals surface area contributed by atoms with E-state index < -0.39 is 5.60 Å². The number of carbonyl (C=O) groups excluding carboxylic acids is 1. The van der Waals surface area contributed by atoms with Gasteiger partial charge < -0.3 is 10.4 Å². The van der Waals surface area contributed by atoms with E-state index in [2.05, 4.69) is 5.32 Å². The molecule has 5 heteroatoms. The second kappa shape index (κ2) is 5.91. The van der Waals surface area contributed by atoms with E-state index in [-0.39, 0.29) is 18.4 Å². The molecule has 4 nitrogen and oxygen atoms in total. The summed E-state index contributed by atoms with van der Waals surface area (Å²) in [6, 6.07) is 12.3. The maximum absolute atomic E-state index is 12.2. The summed E-state index contributed by atoms with van der Waals surface area (Å²) in [5, 5.41) is 24.5. The normalized spacial score (nSPS) is 16.5. The fourth-order valence-corrected chi connectivity index (χ4v) is 3.44. The van der Waals surface area contributed by atoms with Gasteiger partial charge in [-0.25, -0.2) is 0 Å². The number of amides is 1. The van der Waals surface area contributed by atoms with Gasteiger partial charge in [0.1, 0.15) is 5.60 Å². The molecule has 0 aliphatic heterocycles. The number of carbonyl (C=O) groups is 1. The first-order chi connectivity index (χ1) is 10.6. The molecular weight excluding hydrogens is 296 g/mol. The van der Waals surface area contributed by atoms with Crippen LogP contribution in [0.3, 0.4) is 0 Å². The third-order valence-electron chi connectivity index (χ3n) is 4.00. The van der Waals surface area contributed by atoms with Crippen LogP contribution in [0.5, 0.6) is 0 Å². The molecule has 2 aromatic rings. The van der Waals surface area contributed by atoms with Crippen molar-refractivity contribution in [3.05, 3.63) is 57.8 Å². The Labute approximate surface area is 133 Å². The maximum Gasteiger partial charge on any atom is 0.251 e. The molecule has 0 spiro atoms. The third kappa shape index (κ3) is 2.89. The minimum atomic E-state index is -0.976. The molecule has 0 bridgehead atoms. The number of hydrogen-bond donors (Lipinski definition) is 2. The van der Waals surface area contributed by atoms with Gasteiger partial charge in [0.2, 0.25) is 0 Å². The van der Waals surface area contributed by atoms with Gasteiger partial charge in [0.25, 0.3) is 5.91 Å². The van der Waals surface area contributed by atoms with E-state index >= 15 is 0 Å². The van der Waals surface area contributed by atoms with Crippen molar-refractivity contribution < 1.29 is 9.90 Å². The number of nitriles is 1. The highest BCUT2D eigenvalue weighted by molar-refractivity contribution is 7.10. The number of rotatable bonds is 5. The quantitative estimate of drug-likeness (QED) is 0.891. The molecule has 1 aliphatic rings. The summed E-state index contributed by atoms with van der Waals surface area (Å²) >= 11 is 1.51. The highest BCUT2D eigenvalue weighted by Gasteiger charge is 2.45. The van der Waals surface area contributed by atoms with E-state index in [1.54, 1.807) is 24.3 Å². The molecule has 22 heavy (non-hydrogen) atoms. The molecule has 1 saturated carbocycles. The van der Waals surface area contributed by atoms with Crippen LogP contribution >= 0.6 is 11.3 Å². The van der Waals surface area contributed by atoms with Crippen molar-refractivity contribution in [1.29, 1.82) is 5.26 Å². The van der Waals surface area contributed by atoms with Gasteiger partial charge in [-0.05, 0) is 54.5 Å². The molecule has 1 aliphatic carbocycles. The van der Waals surface area contributed by atoms with Gasteiger partial charge in [-0.15, -0.1) is 11.3 Å². The van der Waals surface area contributed by atoms with E-state index in [9.17, 15) is 9.90 Å². The lowest BCUT2D eigenvalue weighted by Gasteiger charge is -2.27. The van der Waals surface area contributed by atoms with E-state index in [1.807, 2.05) is 23.6 Å². The Kier molecular flexibility index (Phi) is 3.97. The zero-order valence-corrected chi connectivity index (χ0v) is 12.8. The monoisotopic (exact) mass is 312 g/mol. The van der Waals surface area contributed by atoms with Crippen LogP contribution < -0.4 is 5.32 Å². The zero-order valence-electron chi connectivity index (χ0n) is 12.0. The van der Waals surface area contributed by atoms with Crippen LogP contribution in [0.25, 0.3) is 0 Å². The number of nitrogens with zero attached hydrogens (tertiary/aromatic N) is 1. The first kappa shape index (κ1) is 14.8. The van der Waals surface area contributed by atoms with Gasteiger partial charge in [-0.2, -0.15) is 5.26 Å². The number of nitrogens with one attached hydrogen (secondary N) is 1. The molecule has 1 fully saturated rings. The van der Waals surface area contributed by atoms with Crippen LogP contribution in [0.1, 0.15) is 33.6 Å². The lowest BCUT2D eigenvalue weighted by Crippen LogP contribution is -2.42. The summed E-state index contributed by atoms with van der Waals surface area (Å²) in [5.74, 6) is -0.0208. The second-order valence-electron chi connectivity index (χ2n) is 5.55. The van der Waals surface area contributed by atoms with Crippen molar-refractivity contribution in [1.82, 2.24) is 5.32 Å². The molecule has 1 heterocycles. The zero-order chi connectivity index (χ0) is 15.6. The second-order valence-corrected chi connectivity index (χ2v) is 6.50. The third-order valence-corrected chi connectivity index (χ3v) is 5.03. The van der Waals surface area contributed by atoms with Crippen molar-refractivity contribution in [2.24, 2.45) is 5.92 Å². The van der Waals surface area contributed by atoms with E-state index in [1.165, 1.54) is 11.3 Å². The SMILES string of the molecule is N#Cc1ccc(C(=O)NCC(O)(c2cccs2)C2CC2)cc1. The molecule has 0 radical (unpaired) electrons. The van der Waals surface area contributed by atoms with Crippen LogP contribution in [-0.4, -0.2) is 17.6 Å². The fourth-order valence-electron chi connectivity index (χ4n) is 2.53. The fraction of sp³-hybridized carbons (Fsp3) is 0.294. The van der Waals surface area contributed by atoms with Crippen molar-refractivity contribution in [2.75, 3.05) is 6.54 Å². The molecule has 1 aromatic carbocycles. The smallest absolute Gasteiger partial charge is 0.251 e. The Balaban J connectivity index is 1.70. The van der Waals surface area contributed by atoms with Crippen LogP contribution in [-0.2, 0) is 5.60 Å². The Morgan fingerprint density at radius 2 is 2.09 bits per heavy atom. The summed E-state index contributed by atoms with van der Waals surface area (Å²) in [5.41, 5.74) is 0.0316. The standard InChI is InChI=1S/C17H16N2O2S/c18-10-12-3-5-13(6-4-12)16(20)19-11-17(21,14-7-8-14)15-2-1-9-22-15/h1-6,9,14,21H,7-8,11H2,(H,19,20). The Hall–Kier alpha value is -2.16. The lowest BCUT2D eigenvalue weighted by atomic mass is 9.95. The summed E-state index contributed by atoms with van der Waals surface area (Å²) in [6.45, 7) is 0.205. The van der Waals surface area contributed by atoms with Crippen LogP contribution in [0.15, 0.2) is 41.8 Å². The Morgan fingerprint density at radius 3 is 2.64 bits per heavy atom. The molecule has 1 unspecified atom stereocenters. The van der Waals surface area contributed by atoms with Crippen molar-refractivity contribution >= 4 is 17.2 Å². The Bertz CT molecular complexity index is 699. The first-order valence-corrected chi connectivity index (χ1v) is 8.06. The van der Waals surface area contributed by atoms with Gasteiger partial charge in [0.15, 0.2) is 0 Å². The average Bonchev–Trinajstić information content (AvgIpc) is 3.27. The number of hydrogen-bond acceptors (Lipinski definition) is 4. The average molecular weight is 312 g/mol. The topological polar surface area (TPSA) is 73.1 Å². The van der Waals surface area contributed by atoms with Crippen molar-refractivity contribution in [3.8, 4) is 6.07 Å². The number of thiophene rings is 1. The highest BCUT2D eigenvalue weighted by Crippen LogP contribution is 2.46. The maximum atomic E-state index is 12.2. The molecule has 1 atom stereocenters. The van der Waals surface area contributed by atoms with Gasteiger partial charge in [-0.3, -0.25) is 4.79 Å². The molecule has 1 aromatic heterocycles. The van der Waals surface area contributed by atoms with E-state index in [4.69, 9.17) is 5.26 Å². The number of aliphatic hydroxyl groups is 1. The summed E-state index contributed by atoms with van der Waals surface area (Å²) in [6.07, 6.45) is 1.97. The molecule has 3 rings (SSSR count). The van der Waals surface area contributed by atoms with Gasteiger partial charge >= 0.3 is 0 Å². The van der Waals surface area contributed by atoms with Gasteiger partial charge in [-0.1, -0.05) is 6.07 Å². The van der Waals surface area contributed by atoms with Gasteiger partial charge in [0, 0.05) is 10.4 Å². The van der Waals surface area contributed by atoms with Crippen LogP contribution in [0, 0.1) is 17.2 Å².